The van der Waals surface area contributed by atoms with Crippen molar-refractivity contribution < 1.29 is 9.18 Å². The van der Waals surface area contributed by atoms with E-state index in [1.807, 2.05) is 41.8 Å². The van der Waals surface area contributed by atoms with Gasteiger partial charge in [0.25, 0.3) is 0 Å². The molecule has 1 atom stereocenters. The van der Waals surface area contributed by atoms with Crippen molar-refractivity contribution in [2.24, 2.45) is 0 Å². The van der Waals surface area contributed by atoms with Crippen LogP contribution in [0, 0.1) is 5.82 Å². The molecule has 2 aromatic carbocycles. The predicted octanol–water partition coefficient (Wildman–Crippen LogP) is 3.88. The lowest BCUT2D eigenvalue weighted by molar-refractivity contribution is -0.120. The van der Waals surface area contributed by atoms with E-state index in [0.29, 0.717) is 6.54 Å². The van der Waals surface area contributed by atoms with Crippen LogP contribution in [0.4, 0.5) is 4.39 Å². The summed E-state index contributed by atoms with van der Waals surface area (Å²) in [7, 11) is 0. The molecule has 0 aliphatic carbocycles. The zero-order valence-electron chi connectivity index (χ0n) is 13.6. The molecule has 0 spiro atoms. The van der Waals surface area contributed by atoms with Gasteiger partial charge in [0.2, 0.25) is 5.91 Å². The molecule has 3 aromatic rings. The van der Waals surface area contributed by atoms with Gasteiger partial charge in [-0.25, -0.2) is 4.39 Å². The molecular weight excluding hydrogens is 335 g/mol. The van der Waals surface area contributed by atoms with Gasteiger partial charge in [0, 0.05) is 11.4 Å². The van der Waals surface area contributed by atoms with E-state index in [-0.39, 0.29) is 24.3 Å². The summed E-state index contributed by atoms with van der Waals surface area (Å²) in [6.45, 7) is 0.592. The van der Waals surface area contributed by atoms with Gasteiger partial charge >= 0.3 is 0 Å². The Labute approximate surface area is 150 Å². The number of hydrogen-bond acceptors (Lipinski definition) is 3. The number of nitrogens with one attached hydrogen (secondary N) is 2. The maximum atomic E-state index is 12.9. The average Bonchev–Trinajstić information content (AvgIpc) is 3.17. The van der Waals surface area contributed by atoms with E-state index in [0.717, 1.165) is 16.0 Å². The minimum atomic E-state index is -0.279. The molecule has 2 N–H and O–H groups in total. The fourth-order valence-electron chi connectivity index (χ4n) is 2.54. The van der Waals surface area contributed by atoms with Crippen LogP contribution in [-0.4, -0.2) is 12.5 Å². The van der Waals surface area contributed by atoms with Gasteiger partial charge in [-0.1, -0.05) is 48.5 Å². The van der Waals surface area contributed by atoms with E-state index in [2.05, 4.69) is 16.7 Å². The Kier molecular flexibility index (Phi) is 5.93. The summed E-state index contributed by atoms with van der Waals surface area (Å²) in [5, 5.41) is 8.20. The summed E-state index contributed by atoms with van der Waals surface area (Å²) in [5.41, 5.74) is 1.99. The second kappa shape index (κ2) is 8.55. The van der Waals surface area contributed by atoms with E-state index >= 15 is 0 Å². The minimum absolute atomic E-state index is 0.0160. The van der Waals surface area contributed by atoms with E-state index in [9.17, 15) is 9.18 Å². The fourth-order valence-corrected chi connectivity index (χ4v) is 3.37. The van der Waals surface area contributed by atoms with E-state index in [1.165, 1.54) is 12.1 Å². The monoisotopic (exact) mass is 354 g/mol. The second-order valence-corrected chi connectivity index (χ2v) is 6.62. The van der Waals surface area contributed by atoms with Gasteiger partial charge in [0.1, 0.15) is 5.82 Å². The third kappa shape index (κ3) is 4.98. The number of hydrogen-bond donors (Lipinski definition) is 2. The first-order valence-corrected chi connectivity index (χ1v) is 8.93. The van der Waals surface area contributed by atoms with Gasteiger partial charge in [-0.05, 0) is 34.7 Å². The molecule has 0 aliphatic heterocycles. The van der Waals surface area contributed by atoms with Crippen molar-refractivity contribution in [3.05, 3.63) is 93.9 Å². The first-order valence-electron chi connectivity index (χ1n) is 8.05. The van der Waals surface area contributed by atoms with E-state index in [1.54, 1.807) is 23.5 Å². The molecule has 0 aliphatic rings. The highest BCUT2D eigenvalue weighted by atomic mass is 32.1. The van der Waals surface area contributed by atoms with Crippen LogP contribution in [0.5, 0.6) is 0 Å². The summed E-state index contributed by atoms with van der Waals surface area (Å²) in [4.78, 5) is 13.3. The molecule has 5 heteroatoms. The molecule has 0 fully saturated rings. The summed E-state index contributed by atoms with van der Waals surface area (Å²) >= 11 is 1.66. The summed E-state index contributed by atoms with van der Waals surface area (Å²) in [6, 6.07) is 20.2. The maximum absolute atomic E-state index is 12.9. The lowest BCUT2D eigenvalue weighted by Gasteiger charge is -2.18. The van der Waals surface area contributed by atoms with Crippen molar-refractivity contribution in [3.63, 3.8) is 0 Å². The quantitative estimate of drug-likeness (QED) is 0.676. The Morgan fingerprint density at radius 3 is 2.44 bits per heavy atom. The standard InChI is InChI=1S/C20H19FN2OS/c21-17-10-8-15(9-11-17)13-22-19(24)14-23-20(18-7-4-12-25-18)16-5-2-1-3-6-16/h1-12,20,23H,13-14H2,(H,22,24)/t20-/m1/s1. The van der Waals surface area contributed by atoms with Crippen molar-refractivity contribution in [1.82, 2.24) is 10.6 Å². The molecule has 0 saturated heterocycles. The van der Waals surface area contributed by atoms with Crippen molar-refractivity contribution in [2.45, 2.75) is 12.6 Å². The van der Waals surface area contributed by atoms with Crippen LogP contribution in [0.2, 0.25) is 0 Å². The van der Waals surface area contributed by atoms with Crippen molar-refractivity contribution in [3.8, 4) is 0 Å². The molecule has 1 heterocycles. The topological polar surface area (TPSA) is 41.1 Å². The van der Waals surface area contributed by atoms with Gasteiger partial charge in [-0.3, -0.25) is 10.1 Å². The Balaban J connectivity index is 1.57. The summed E-state index contributed by atoms with van der Waals surface area (Å²) in [6.07, 6.45) is 0. The molecule has 0 radical (unpaired) electrons. The van der Waals surface area contributed by atoms with Crippen LogP contribution in [0.1, 0.15) is 22.0 Å². The fraction of sp³-hybridized carbons (Fsp3) is 0.150. The van der Waals surface area contributed by atoms with Gasteiger partial charge in [-0.15, -0.1) is 11.3 Å². The van der Waals surface area contributed by atoms with Gasteiger partial charge in [0.15, 0.2) is 0 Å². The van der Waals surface area contributed by atoms with Crippen LogP contribution < -0.4 is 10.6 Å². The number of thiophene rings is 1. The maximum Gasteiger partial charge on any atom is 0.234 e. The molecule has 0 saturated carbocycles. The smallest absolute Gasteiger partial charge is 0.234 e. The van der Waals surface area contributed by atoms with Gasteiger partial charge in [0.05, 0.1) is 12.6 Å². The third-order valence-corrected chi connectivity index (χ3v) is 4.77. The zero-order chi connectivity index (χ0) is 17.5. The van der Waals surface area contributed by atoms with Crippen molar-refractivity contribution >= 4 is 17.2 Å². The molecular formula is C20H19FN2OS. The third-order valence-electron chi connectivity index (χ3n) is 3.83. The Bertz CT molecular complexity index is 788. The summed E-state index contributed by atoms with van der Waals surface area (Å²) < 4.78 is 12.9. The van der Waals surface area contributed by atoms with Crippen molar-refractivity contribution in [1.29, 1.82) is 0 Å². The predicted molar refractivity (Wildman–Crippen MR) is 98.9 cm³/mol. The van der Waals surface area contributed by atoms with Crippen LogP contribution in [0.3, 0.4) is 0 Å². The zero-order valence-corrected chi connectivity index (χ0v) is 14.4. The number of amides is 1. The Hall–Kier alpha value is -2.50. The van der Waals surface area contributed by atoms with Crippen LogP contribution in [0.25, 0.3) is 0 Å². The number of carbonyl (C=O) groups excluding carboxylic acids is 1. The SMILES string of the molecule is O=C(CN[C@H](c1ccccc1)c1cccs1)NCc1ccc(F)cc1. The number of halogens is 1. The molecule has 3 rings (SSSR count). The minimum Gasteiger partial charge on any atom is -0.351 e. The molecule has 3 nitrogen and oxygen atoms in total. The van der Waals surface area contributed by atoms with E-state index in [4.69, 9.17) is 0 Å². The number of rotatable bonds is 7. The lowest BCUT2D eigenvalue weighted by atomic mass is 10.1. The van der Waals surface area contributed by atoms with Gasteiger partial charge < -0.3 is 5.32 Å². The molecule has 1 amide bonds. The Morgan fingerprint density at radius 2 is 1.76 bits per heavy atom. The van der Waals surface area contributed by atoms with Crippen LogP contribution in [-0.2, 0) is 11.3 Å². The van der Waals surface area contributed by atoms with Gasteiger partial charge in [-0.2, -0.15) is 0 Å². The highest BCUT2D eigenvalue weighted by Gasteiger charge is 2.15. The summed E-state index contributed by atoms with van der Waals surface area (Å²) in [5.74, 6) is -0.375. The molecule has 1 aromatic heterocycles. The highest BCUT2D eigenvalue weighted by molar-refractivity contribution is 7.10. The van der Waals surface area contributed by atoms with Crippen LogP contribution >= 0.6 is 11.3 Å². The molecule has 0 unspecified atom stereocenters. The molecule has 128 valence electrons. The number of benzene rings is 2. The first-order chi connectivity index (χ1) is 12.2. The normalized spacial score (nSPS) is 11.9. The highest BCUT2D eigenvalue weighted by Crippen LogP contribution is 2.25. The second-order valence-electron chi connectivity index (χ2n) is 5.64. The Morgan fingerprint density at radius 1 is 1.00 bits per heavy atom. The average molecular weight is 354 g/mol. The number of carbonyl (C=O) groups is 1. The van der Waals surface area contributed by atoms with Crippen LogP contribution in [0.15, 0.2) is 72.1 Å². The largest absolute Gasteiger partial charge is 0.351 e. The first kappa shape index (κ1) is 17.3. The van der Waals surface area contributed by atoms with Crippen molar-refractivity contribution in [2.75, 3.05) is 6.54 Å². The molecule has 0 bridgehead atoms. The lowest BCUT2D eigenvalue weighted by Crippen LogP contribution is -2.35. The molecule has 25 heavy (non-hydrogen) atoms. The van der Waals surface area contributed by atoms with E-state index < -0.39 is 0 Å².